The molecule has 0 aliphatic rings. The second kappa shape index (κ2) is 7.47. The predicted octanol–water partition coefficient (Wildman–Crippen LogP) is 2.21. The number of benzene rings is 1. The average Bonchev–Trinajstić information content (AvgIpc) is 2.42. The fourth-order valence-electron chi connectivity index (χ4n) is 1.76. The van der Waals surface area contributed by atoms with Crippen LogP contribution in [0, 0.1) is 5.82 Å². The van der Waals surface area contributed by atoms with Gasteiger partial charge < -0.3 is 15.2 Å². The van der Waals surface area contributed by atoms with Crippen LogP contribution in [0.1, 0.15) is 36.5 Å². The van der Waals surface area contributed by atoms with Crippen LogP contribution in [0.3, 0.4) is 0 Å². The first kappa shape index (κ1) is 15.9. The molecule has 1 unspecified atom stereocenters. The maximum atomic E-state index is 13.2. The Labute approximate surface area is 116 Å². The van der Waals surface area contributed by atoms with E-state index in [9.17, 15) is 14.0 Å². The van der Waals surface area contributed by atoms with Crippen molar-refractivity contribution in [3.8, 4) is 5.75 Å². The van der Waals surface area contributed by atoms with Gasteiger partial charge >= 0.3 is 5.97 Å². The van der Waals surface area contributed by atoms with Gasteiger partial charge in [-0.05, 0) is 24.6 Å². The van der Waals surface area contributed by atoms with Gasteiger partial charge in [0, 0.05) is 0 Å². The van der Waals surface area contributed by atoms with Gasteiger partial charge in [-0.2, -0.15) is 0 Å². The SMILES string of the molecule is CCCCC(NC(=O)c1cc(F)ccc1OC)C(=O)O. The minimum Gasteiger partial charge on any atom is -0.496 e. The van der Waals surface area contributed by atoms with Crippen LogP contribution in [-0.4, -0.2) is 30.1 Å². The largest absolute Gasteiger partial charge is 0.496 e. The summed E-state index contributed by atoms with van der Waals surface area (Å²) in [5.74, 6) is -2.16. The van der Waals surface area contributed by atoms with Gasteiger partial charge in [-0.3, -0.25) is 4.79 Å². The smallest absolute Gasteiger partial charge is 0.326 e. The number of hydrogen-bond donors (Lipinski definition) is 2. The van der Waals surface area contributed by atoms with E-state index < -0.39 is 23.7 Å². The molecule has 0 aliphatic heterocycles. The summed E-state index contributed by atoms with van der Waals surface area (Å²) in [6.07, 6.45) is 1.83. The lowest BCUT2D eigenvalue weighted by atomic mass is 10.1. The molecule has 0 radical (unpaired) electrons. The number of ether oxygens (including phenoxy) is 1. The lowest BCUT2D eigenvalue weighted by Crippen LogP contribution is -2.40. The van der Waals surface area contributed by atoms with Crippen molar-refractivity contribution in [2.75, 3.05) is 7.11 Å². The number of carboxylic acid groups (broad SMARTS) is 1. The second-order valence-electron chi connectivity index (χ2n) is 4.35. The van der Waals surface area contributed by atoms with E-state index in [4.69, 9.17) is 9.84 Å². The molecule has 2 N–H and O–H groups in total. The number of carboxylic acids is 1. The third-order valence-electron chi connectivity index (χ3n) is 2.86. The third-order valence-corrected chi connectivity index (χ3v) is 2.86. The van der Waals surface area contributed by atoms with Gasteiger partial charge in [0.25, 0.3) is 5.91 Å². The zero-order chi connectivity index (χ0) is 15.1. The molecule has 0 fully saturated rings. The van der Waals surface area contributed by atoms with Crippen LogP contribution in [-0.2, 0) is 4.79 Å². The first-order valence-electron chi connectivity index (χ1n) is 6.36. The Morgan fingerprint density at radius 3 is 2.70 bits per heavy atom. The molecule has 6 heteroatoms. The minimum absolute atomic E-state index is 0.0183. The summed E-state index contributed by atoms with van der Waals surface area (Å²) < 4.78 is 18.2. The van der Waals surface area contributed by atoms with Crippen LogP contribution in [0.5, 0.6) is 5.75 Å². The molecular formula is C14H18FNO4. The highest BCUT2D eigenvalue weighted by Crippen LogP contribution is 2.19. The molecule has 0 heterocycles. The van der Waals surface area contributed by atoms with E-state index in [-0.39, 0.29) is 11.3 Å². The minimum atomic E-state index is -1.11. The number of aliphatic carboxylic acids is 1. The highest BCUT2D eigenvalue weighted by Gasteiger charge is 2.22. The van der Waals surface area contributed by atoms with Gasteiger partial charge in [-0.25, -0.2) is 9.18 Å². The number of hydrogen-bond acceptors (Lipinski definition) is 3. The number of nitrogens with one attached hydrogen (secondary N) is 1. The van der Waals surface area contributed by atoms with E-state index in [2.05, 4.69) is 5.32 Å². The van der Waals surface area contributed by atoms with Gasteiger partial charge in [-0.15, -0.1) is 0 Å². The van der Waals surface area contributed by atoms with Crippen molar-refractivity contribution in [1.82, 2.24) is 5.32 Å². The topological polar surface area (TPSA) is 75.6 Å². The van der Waals surface area contributed by atoms with E-state index >= 15 is 0 Å². The molecular weight excluding hydrogens is 265 g/mol. The summed E-state index contributed by atoms with van der Waals surface area (Å²) >= 11 is 0. The van der Waals surface area contributed by atoms with Crippen molar-refractivity contribution >= 4 is 11.9 Å². The van der Waals surface area contributed by atoms with Crippen LogP contribution in [0.15, 0.2) is 18.2 Å². The average molecular weight is 283 g/mol. The fourth-order valence-corrected chi connectivity index (χ4v) is 1.76. The van der Waals surface area contributed by atoms with Gasteiger partial charge in [0.05, 0.1) is 12.7 Å². The molecule has 0 spiro atoms. The Hall–Kier alpha value is -2.11. The molecule has 110 valence electrons. The Bertz CT molecular complexity index is 490. The molecule has 1 atom stereocenters. The monoisotopic (exact) mass is 283 g/mol. The number of amides is 1. The number of rotatable bonds is 7. The van der Waals surface area contributed by atoms with Crippen LogP contribution in [0.4, 0.5) is 4.39 Å². The van der Waals surface area contributed by atoms with E-state index in [1.807, 2.05) is 6.92 Å². The van der Waals surface area contributed by atoms with Crippen molar-refractivity contribution in [1.29, 1.82) is 0 Å². The van der Waals surface area contributed by atoms with E-state index in [0.717, 1.165) is 12.5 Å². The Balaban J connectivity index is 2.88. The molecule has 0 saturated heterocycles. The second-order valence-corrected chi connectivity index (χ2v) is 4.35. The van der Waals surface area contributed by atoms with Crippen molar-refractivity contribution in [3.05, 3.63) is 29.6 Å². The summed E-state index contributed by atoms with van der Waals surface area (Å²) in [6, 6.07) is 2.52. The lowest BCUT2D eigenvalue weighted by molar-refractivity contribution is -0.139. The van der Waals surface area contributed by atoms with Crippen LogP contribution < -0.4 is 10.1 Å². The molecule has 1 aromatic rings. The molecule has 20 heavy (non-hydrogen) atoms. The van der Waals surface area contributed by atoms with Crippen molar-refractivity contribution in [3.63, 3.8) is 0 Å². The van der Waals surface area contributed by atoms with Gasteiger partial charge in [-0.1, -0.05) is 19.8 Å². The first-order chi connectivity index (χ1) is 9.49. The number of methoxy groups -OCH3 is 1. The van der Waals surface area contributed by atoms with E-state index in [1.165, 1.54) is 19.2 Å². The molecule has 1 aromatic carbocycles. The maximum Gasteiger partial charge on any atom is 0.326 e. The lowest BCUT2D eigenvalue weighted by Gasteiger charge is -2.15. The summed E-state index contributed by atoms with van der Waals surface area (Å²) in [5, 5.41) is 11.4. The van der Waals surface area contributed by atoms with Crippen LogP contribution in [0.25, 0.3) is 0 Å². The third kappa shape index (κ3) is 4.22. The summed E-state index contributed by atoms with van der Waals surface area (Å²) in [6.45, 7) is 1.93. The quantitative estimate of drug-likeness (QED) is 0.804. The maximum absolute atomic E-state index is 13.2. The highest BCUT2D eigenvalue weighted by molar-refractivity contribution is 5.98. The number of unbranched alkanes of at least 4 members (excludes halogenated alkanes) is 1. The molecule has 1 amide bonds. The van der Waals surface area contributed by atoms with Crippen LogP contribution in [0.2, 0.25) is 0 Å². The standard InChI is InChI=1S/C14H18FNO4/c1-3-4-5-11(14(18)19)16-13(17)10-8-9(15)6-7-12(10)20-2/h6-8,11H,3-5H2,1-2H3,(H,16,17)(H,18,19). The van der Waals surface area contributed by atoms with Crippen molar-refractivity contribution < 1.29 is 23.8 Å². The summed E-state index contributed by atoms with van der Waals surface area (Å²) in [4.78, 5) is 23.1. The van der Waals surface area contributed by atoms with Gasteiger partial charge in [0.15, 0.2) is 0 Å². The fraction of sp³-hybridized carbons (Fsp3) is 0.429. The molecule has 0 bridgehead atoms. The molecule has 0 aliphatic carbocycles. The summed E-state index contributed by atoms with van der Waals surface area (Å²) in [5.41, 5.74) is -0.0183. The Morgan fingerprint density at radius 2 is 2.15 bits per heavy atom. The van der Waals surface area contributed by atoms with E-state index in [0.29, 0.717) is 12.8 Å². The predicted molar refractivity (Wildman–Crippen MR) is 71.4 cm³/mol. The molecule has 5 nitrogen and oxygen atoms in total. The normalized spacial score (nSPS) is 11.8. The van der Waals surface area contributed by atoms with Crippen molar-refractivity contribution in [2.45, 2.75) is 32.2 Å². The van der Waals surface area contributed by atoms with E-state index in [1.54, 1.807) is 0 Å². The highest BCUT2D eigenvalue weighted by atomic mass is 19.1. The van der Waals surface area contributed by atoms with Crippen LogP contribution >= 0.6 is 0 Å². The molecule has 1 rings (SSSR count). The summed E-state index contributed by atoms with van der Waals surface area (Å²) in [7, 11) is 1.36. The Kier molecular flexibility index (Phi) is 5.96. The van der Waals surface area contributed by atoms with Gasteiger partial charge in [0.2, 0.25) is 0 Å². The van der Waals surface area contributed by atoms with Crippen molar-refractivity contribution in [2.24, 2.45) is 0 Å². The van der Waals surface area contributed by atoms with Gasteiger partial charge in [0.1, 0.15) is 17.6 Å². The molecule has 0 aromatic heterocycles. The number of carbonyl (C=O) groups excluding carboxylic acids is 1. The molecule has 0 saturated carbocycles. The number of halogens is 1. The first-order valence-corrected chi connectivity index (χ1v) is 6.36. The zero-order valence-corrected chi connectivity index (χ0v) is 11.5. The Morgan fingerprint density at radius 1 is 1.45 bits per heavy atom. The zero-order valence-electron chi connectivity index (χ0n) is 11.5. The number of carbonyl (C=O) groups is 2.